The number of hydrogen-bond acceptors (Lipinski definition) is 5. The van der Waals surface area contributed by atoms with E-state index in [0.717, 1.165) is 24.3 Å². The van der Waals surface area contributed by atoms with Crippen LogP contribution >= 0.6 is 11.3 Å². The number of aromatic nitrogens is 1. The van der Waals surface area contributed by atoms with E-state index < -0.39 is 0 Å². The Morgan fingerprint density at radius 1 is 1.71 bits per heavy atom. The van der Waals surface area contributed by atoms with Gasteiger partial charge in [-0.2, -0.15) is 5.26 Å². The highest BCUT2D eigenvalue weighted by Gasteiger charge is 2.61. The zero-order valence-corrected chi connectivity index (χ0v) is 10.3. The van der Waals surface area contributed by atoms with Gasteiger partial charge in [-0.1, -0.05) is 0 Å². The molecule has 2 unspecified atom stereocenters. The van der Waals surface area contributed by atoms with Gasteiger partial charge in [-0.15, -0.1) is 11.3 Å². The van der Waals surface area contributed by atoms with Crippen LogP contribution in [0.3, 0.4) is 0 Å². The third kappa shape index (κ3) is 1.64. The van der Waals surface area contributed by atoms with Crippen molar-refractivity contribution in [3.8, 4) is 6.07 Å². The summed E-state index contributed by atoms with van der Waals surface area (Å²) in [5.74, 6) is 0.525. The molecule has 0 aromatic carbocycles. The highest BCUT2D eigenvalue weighted by atomic mass is 32.1. The molecule has 88 valence electrons. The zero-order chi connectivity index (χ0) is 12.0. The topological polar surface area (TPSA) is 63.0 Å². The zero-order valence-electron chi connectivity index (χ0n) is 9.47. The molecule has 0 radical (unpaired) electrons. The number of carbonyl (C=O) groups is 1. The lowest BCUT2D eigenvalue weighted by molar-refractivity contribution is 0.0606. The Labute approximate surface area is 103 Å². The minimum atomic E-state index is -0.327. The smallest absolute Gasteiger partial charge is 0.349 e. The highest BCUT2D eigenvalue weighted by Crippen LogP contribution is 2.67. The molecule has 3 rings (SSSR count). The number of rotatable bonds is 3. The maximum Gasteiger partial charge on any atom is 0.349 e. The molecule has 0 N–H and O–H groups in total. The van der Waals surface area contributed by atoms with Crippen molar-refractivity contribution in [1.29, 1.82) is 5.26 Å². The summed E-state index contributed by atoms with van der Waals surface area (Å²) in [5.41, 5.74) is -0.0677. The standard InChI is InChI=1S/C12H12N2O2S/c1-16-11(15)9-5-14-10(17-9)7-4-8(7)12(6-13)2-3-12/h5,7-8H,2-4H2,1H3. The van der Waals surface area contributed by atoms with Crippen molar-refractivity contribution in [2.45, 2.75) is 25.2 Å². The van der Waals surface area contributed by atoms with Crippen molar-refractivity contribution in [3.05, 3.63) is 16.1 Å². The molecule has 0 spiro atoms. The van der Waals surface area contributed by atoms with E-state index in [1.54, 1.807) is 6.20 Å². The maximum atomic E-state index is 11.3. The lowest BCUT2D eigenvalue weighted by Gasteiger charge is -2.01. The van der Waals surface area contributed by atoms with Gasteiger partial charge in [0.1, 0.15) is 4.88 Å². The van der Waals surface area contributed by atoms with E-state index >= 15 is 0 Å². The minimum absolute atomic E-state index is 0.0677. The van der Waals surface area contributed by atoms with Crippen LogP contribution < -0.4 is 0 Å². The van der Waals surface area contributed by atoms with Crippen molar-refractivity contribution in [3.63, 3.8) is 0 Å². The largest absolute Gasteiger partial charge is 0.465 e. The number of thiazole rings is 1. The van der Waals surface area contributed by atoms with Crippen LogP contribution in [0.25, 0.3) is 0 Å². The average Bonchev–Trinajstić information content (AvgIpc) is 3.25. The fraction of sp³-hybridized carbons (Fsp3) is 0.583. The Morgan fingerprint density at radius 3 is 3.06 bits per heavy atom. The molecular formula is C12H12N2O2S. The molecule has 2 aliphatic carbocycles. The molecule has 0 bridgehead atoms. The molecule has 5 heteroatoms. The molecule has 2 atom stereocenters. The van der Waals surface area contributed by atoms with Crippen molar-refractivity contribution in [2.75, 3.05) is 7.11 Å². The number of nitrogens with zero attached hydrogens (tertiary/aromatic N) is 2. The van der Waals surface area contributed by atoms with Crippen molar-refractivity contribution < 1.29 is 9.53 Å². The predicted octanol–water partition coefficient (Wildman–Crippen LogP) is 2.34. The Morgan fingerprint density at radius 2 is 2.47 bits per heavy atom. The van der Waals surface area contributed by atoms with Crippen LogP contribution in [0.5, 0.6) is 0 Å². The quantitative estimate of drug-likeness (QED) is 0.770. The Kier molecular flexibility index (Phi) is 2.23. The summed E-state index contributed by atoms with van der Waals surface area (Å²) in [6.45, 7) is 0. The fourth-order valence-corrected chi connectivity index (χ4v) is 3.45. The van der Waals surface area contributed by atoms with E-state index in [1.165, 1.54) is 18.4 Å². The molecule has 17 heavy (non-hydrogen) atoms. The molecule has 1 heterocycles. The second-order valence-electron chi connectivity index (χ2n) is 4.77. The number of ether oxygens (including phenoxy) is 1. The molecule has 1 aromatic rings. The Bertz CT molecular complexity index is 513. The van der Waals surface area contributed by atoms with E-state index in [0.29, 0.717) is 16.7 Å². The normalized spacial score (nSPS) is 28.2. The third-order valence-electron chi connectivity index (χ3n) is 3.74. The Balaban J connectivity index is 1.73. The molecular weight excluding hydrogens is 236 g/mol. The monoisotopic (exact) mass is 248 g/mol. The maximum absolute atomic E-state index is 11.3. The van der Waals surface area contributed by atoms with Gasteiger partial charge >= 0.3 is 5.97 Å². The van der Waals surface area contributed by atoms with Crippen LogP contribution in [0.1, 0.15) is 39.9 Å². The summed E-state index contributed by atoms with van der Waals surface area (Å²) >= 11 is 1.40. The number of hydrogen-bond donors (Lipinski definition) is 0. The molecule has 0 saturated heterocycles. The second kappa shape index (κ2) is 3.54. The summed E-state index contributed by atoms with van der Waals surface area (Å²) in [4.78, 5) is 16.1. The van der Waals surface area contributed by atoms with Gasteiger partial charge in [-0.25, -0.2) is 9.78 Å². The molecule has 2 aliphatic rings. The lowest BCUT2D eigenvalue weighted by atomic mass is 10.0. The Hall–Kier alpha value is -1.41. The molecule has 2 fully saturated rings. The van der Waals surface area contributed by atoms with Gasteiger partial charge < -0.3 is 4.74 Å². The summed E-state index contributed by atoms with van der Waals surface area (Å²) in [7, 11) is 1.37. The third-order valence-corrected chi connectivity index (χ3v) is 4.85. The fourth-order valence-electron chi connectivity index (χ4n) is 2.43. The first kappa shape index (κ1) is 10.7. The molecule has 4 nitrogen and oxygen atoms in total. The van der Waals surface area contributed by atoms with Crippen LogP contribution in [0.4, 0.5) is 0 Å². The average molecular weight is 248 g/mol. The van der Waals surface area contributed by atoms with E-state index in [1.807, 2.05) is 0 Å². The summed E-state index contributed by atoms with van der Waals surface area (Å²) in [6, 6.07) is 2.44. The van der Waals surface area contributed by atoms with Gasteiger partial charge in [-0.05, 0) is 25.2 Å². The van der Waals surface area contributed by atoms with E-state index in [2.05, 4.69) is 15.8 Å². The van der Waals surface area contributed by atoms with Crippen LogP contribution in [-0.2, 0) is 4.74 Å². The van der Waals surface area contributed by atoms with Gasteiger partial charge in [-0.3, -0.25) is 0 Å². The van der Waals surface area contributed by atoms with Gasteiger partial charge in [0.05, 0.1) is 29.8 Å². The van der Waals surface area contributed by atoms with Crippen LogP contribution in [0.2, 0.25) is 0 Å². The van der Waals surface area contributed by atoms with Crippen molar-refractivity contribution >= 4 is 17.3 Å². The minimum Gasteiger partial charge on any atom is -0.465 e. The summed E-state index contributed by atoms with van der Waals surface area (Å²) in [5, 5.41) is 10.1. The molecule has 1 aromatic heterocycles. The number of nitriles is 1. The van der Waals surface area contributed by atoms with E-state index in [-0.39, 0.29) is 11.4 Å². The second-order valence-corrected chi connectivity index (χ2v) is 5.83. The van der Waals surface area contributed by atoms with Crippen LogP contribution in [0, 0.1) is 22.7 Å². The molecule has 0 aliphatic heterocycles. The number of methoxy groups -OCH3 is 1. The van der Waals surface area contributed by atoms with Crippen molar-refractivity contribution in [1.82, 2.24) is 4.98 Å². The lowest BCUT2D eigenvalue weighted by Crippen LogP contribution is -2.00. The van der Waals surface area contributed by atoms with Gasteiger partial charge in [0.15, 0.2) is 0 Å². The number of esters is 1. The van der Waals surface area contributed by atoms with E-state index in [4.69, 9.17) is 5.26 Å². The first-order valence-corrected chi connectivity index (χ1v) is 6.47. The first-order chi connectivity index (χ1) is 8.20. The molecule has 0 amide bonds. The SMILES string of the molecule is COC(=O)c1cnc(C2CC2C2(C#N)CC2)s1. The van der Waals surface area contributed by atoms with Crippen molar-refractivity contribution in [2.24, 2.45) is 11.3 Å². The summed E-state index contributed by atoms with van der Waals surface area (Å²) in [6.07, 6.45) is 4.68. The van der Waals surface area contributed by atoms with Gasteiger partial charge in [0.25, 0.3) is 0 Å². The summed E-state index contributed by atoms with van der Waals surface area (Å²) < 4.78 is 4.66. The van der Waals surface area contributed by atoms with Gasteiger partial charge in [0.2, 0.25) is 0 Å². The highest BCUT2D eigenvalue weighted by molar-refractivity contribution is 7.13. The molecule has 2 saturated carbocycles. The number of carbonyl (C=O) groups excluding carboxylic acids is 1. The van der Waals surface area contributed by atoms with Crippen LogP contribution in [-0.4, -0.2) is 18.1 Å². The van der Waals surface area contributed by atoms with Gasteiger partial charge in [0, 0.05) is 5.92 Å². The first-order valence-electron chi connectivity index (χ1n) is 5.65. The van der Waals surface area contributed by atoms with Crippen LogP contribution in [0.15, 0.2) is 6.20 Å². The van der Waals surface area contributed by atoms with E-state index in [9.17, 15) is 4.79 Å². The predicted molar refractivity (Wildman–Crippen MR) is 61.6 cm³/mol.